The lowest BCUT2D eigenvalue weighted by atomic mass is 9.97. The Balaban J connectivity index is 4.20. The molecule has 0 radical (unpaired) electrons. The first kappa shape index (κ1) is 15.1. The molecular formula is C12H28O2Si. The molecule has 0 aliphatic heterocycles. The van der Waals surface area contributed by atoms with Gasteiger partial charge in [-0.2, -0.15) is 0 Å². The fourth-order valence-corrected chi connectivity index (χ4v) is 4.65. The Morgan fingerprint density at radius 1 is 0.933 bits per heavy atom. The van der Waals surface area contributed by atoms with Crippen LogP contribution in [0, 0.1) is 5.41 Å². The molecule has 3 heteroatoms. The molecule has 0 aromatic heterocycles. The van der Waals surface area contributed by atoms with E-state index in [2.05, 4.69) is 34.6 Å². The van der Waals surface area contributed by atoms with Crippen LogP contribution in [0.4, 0.5) is 0 Å². The van der Waals surface area contributed by atoms with Gasteiger partial charge in [0.1, 0.15) is 0 Å². The number of hydrogen-bond acceptors (Lipinski definition) is 2. The van der Waals surface area contributed by atoms with Crippen LogP contribution < -0.4 is 0 Å². The zero-order valence-corrected chi connectivity index (χ0v) is 12.4. The van der Waals surface area contributed by atoms with E-state index < -0.39 is 8.32 Å². The van der Waals surface area contributed by atoms with Gasteiger partial charge in [0, 0.05) is 19.1 Å². The Bertz CT molecular complexity index is 157. The second-order valence-electron chi connectivity index (χ2n) is 5.13. The lowest BCUT2D eigenvalue weighted by molar-refractivity contribution is 0.0604. The largest absolute Gasteiger partial charge is 0.416 e. The van der Waals surface area contributed by atoms with Gasteiger partial charge < -0.3 is 9.16 Å². The third-order valence-electron chi connectivity index (χ3n) is 3.24. The standard InChI is InChI=1S/C12H28O2Si/c1-7-15(8-2,9-3)14-11-12(4,5)10-13-6/h7-11H2,1-6H3. The van der Waals surface area contributed by atoms with Gasteiger partial charge in [0.15, 0.2) is 8.32 Å². The molecule has 0 aliphatic rings. The predicted octanol–water partition coefficient (Wildman–Crippen LogP) is 3.68. The maximum atomic E-state index is 6.25. The Kier molecular flexibility index (Phi) is 6.72. The predicted molar refractivity (Wildman–Crippen MR) is 68.8 cm³/mol. The van der Waals surface area contributed by atoms with Crippen LogP contribution in [0.1, 0.15) is 34.6 Å². The van der Waals surface area contributed by atoms with Gasteiger partial charge in [-0.25, -0.2) is 0 Å². The highest BCUT2D eigenvalue weighted by atomic mass is 28.4. The molecule has 0 fully saturated rings. The summed E-state index contributed by atoms with van der Waals surface area (Å²) >= 11 is 0. The molecular weight excluding hydrogens is 204 g/mol. The summed E-state index contributed by atoms with van der Waals surface area (Å²) in [6.45, 7) is 12.8. The molecule has 92 valence electrons. The monoisotopic (exact) mass is 232 g/mol. The molecule has 2 nitrogen and oxygen atoms in total. The van der Waals surface area contributed by atoms with Gasteiger partial charge in [0.2, 0.25) is 0 Å². The van der Waals surface area contributed by atoms with Gasteiger partial charge in [-0.1, -0.05) is 34.6 Å². The highest BCUT2D eigenvalue weighted by molar-refractivity contribution is 6.73. The molecule has 0 heterocycles. The van der Waals surface area contributed by atoms with Crippen LogP contribution in [0.5, 0.6) is 0 Å². The average molecular weight is 232 g/mol. The molecule has 15 heavy (non-hydrogen) atoms. The van der Waals surface area contributed by atoms with Crippen LogP contribution in [-0.2, 0) is 9.16 Å². The van der Waals surface area contributed by atoms with Gasteiger partial charge in [0.05, 0.1) is 6.61 Å². The highest BCUT2D eigenvalue weighted by Crippen LogP contribution is 2.25. The molecule has 0 aliphatic carbocycles. The first-order chi connectivity index (χ1) is 6.95. The molecule has 0 aromatic rings. The molecule has 0 amide bonds. The van der Waals surface area contributed by atoms with Crippen LogP contribution in [-0.4, -0.2) is 28.6 Å². The Morgan fingerprint density at radius 2 is 1.40 bits per heavy atom. The summed E-state index contributed by atoms with van der Waals surface area (Å²) < 4.78 is 11.5. The summed E-state index contributed by atoms with van der Waals surface area (Å²) in [5.41, 5.74) is 0.145. The zero-order chi connectivity index (χ0) is 11.9. The van der Waals surface area contributed by atoms with Crippen LogP contribution in [0.15, 0.2) is 0 Å². The van der Waals surface area contributed by atoms with Crippen molar-refractivity contribution in [1.29, 1.82) is 0 Å². The molecule has 0 N–H and O–H groups in total. The summed E-state index contributed by atoms with van der Waals surface area (Å²) in [7, 11) is 0.344. The number of rotatable bonds is 8. The summed E-state index contributed by atoms with van der Waals surface area (Å²) in [5.74, 6) is 0. The second-order valence-corrected chi connectivity index (χ2v) is 9.91. The smallest absolute Gasteiger partial charge is 0.192 e. The molecule has 0 saturated heterocycles. The molecule has 0 bridgehead atoms. The summed E-state index contributed by atoms with van der Waals surface area (Å²) in [5, 5.41) is 0. The third kappa shape index (κ3) is 5.14. The lowest BCUT2D eigenvalue weighted by Crippen LogP contribution is -2.40. The molecule has 0 atom stereocenters. The summed E-state index contributed by atoms with van der Waals surface area (Å²) in [6, 6.07) is 3.68. The van der Waals surface area contributed by atoms with E-state index in [1.165, 1.54) is 18.1 Å². The minimum atomic E-state index is -1.41. The Morgan fingerprint density at radius 3 is 1.73 bits per heavy atom. The van der Waals surface area contributed by atoms with Crippen molar-refractivity contribution in [3.05, 3.63) is 0 Å². The Hall–Kier alpha value is 0.137. The van der Waals surface area contributed by atoms with E-state index in [0.717, 1.165) is 13.2 Å². The van der Waals surface area contributed by atoms with E-state index >= 15 is 0 Å². The van der Waals surface area contributed by atoms with Crippen molar-refractivity contribution in [3.63, 3.8) is 0 Å². The SMILES string of the molecule is CC[Si](CC)(CC)OCC(C)(C)COC. The normalized spacial score (nSPS) is 13.2. The summed E-state index contributed by atoms with van der Waals surface area (Å²) in [6.07, 6.45) is 0. The van der Waals surface area contributed by atoms with E-state index in [1.54, 1.807) is 7.11 Å². The summed E-state index contributed by atoms with van der Waals surface area (Å²) in [4.78, 5) is 0. The van der Waals surface area contributed by atoms with E-state index in [0.29, 0.717) is 0 Å². The van der Waals surface area contributed by atoms with Crippen LogP contribution in [0.25, 0.3) is 0 Å². The number of ether oxygens (including phenoxy) is 1. The van der Waals surface area contributed by atoms with Crippen molar-refractivity contribution >= 4 is 8.32 Å². The van der Waals surface area contributed by atoms with Gasteiger partial charge >= 0.3 is 0 Å². The number of methoxy groups -OCH3 is 1. The fourth-order valence-electron chi connectivity index (χ4n) is 1.84. The minimum Gasteiger partial charge on any atom is -0.416 e. The van der Waals surface area contributed by atoms with Gasteiger partial charge in [-0.3, -0.25) is 0 Å². The maximum Gasteiger partial charge on any atom is 0.192 e. The van der Waals surface area contributed by atoms with E-state index in [4.69, 9.17) is 9.16 Å². The van der Waals surface area contributed by atoms with Crippen LogP contribution >= 0.6 is 0 Å². The zero-order valence-electron chi connectivity index (χ0n) is 11.4. The maximum absolute atomic E-state index is 6.25. The molecule has 0 unspecified atom stereocenters. The molecule has 0 saturated carbocycles. The molecule has 0 aromatic carbocycles. The van der Waals surface area contributed by atoms with Gasteiger partial charge in [-0.05, 0) is 18.1 Å². The van der Waals surface area contributed by atoms with E-state index in [-0.39, 0.29) is 5.41 Å². The van der Waals surface area contributed by atoms with Crippen LogP contribution in [0.2, 0.25) is 18.1 Å². The van der Waals surface area contributed by atoms with Crippen molar-refractivity contribution < 1.29 is 9.16 Å². The molecule has 0 rings (SSSR count). The number of hydrogen-bond donors (Lipinski definition) is 0. The lowest BCUT2D eigenvalue weighted by Gasteiger charge is -2.33. The first-order valence-electron chi connectivity index (χ1n) is 6.08. The topological polar surface area (TPSA) is 18.5 Å². The van der Waals surface area contributed by atoms with E-state index in [1.807, 2.05) is 0 Å². The van der Waals surface area contributed by atoms with E-state index in [9.17, 15) is 0 Å². The third-order valence-corrected chi connectivity index (χ3v) is 7.86. The van der Waals surface area contributed by atoms with Crippen molar-refractivity contribution in [2.75, 3.05) is 20.3 Å². The first-order valence-corrected chi connectivity index (χ1v) is 8.61. The quantitative estimate of drug-likeness (QED) is 0.594. The Labute approximate surface area is 96.5 Å². The fraction of sp³-hybridized carbons (Fsp3) is 1.00. The highest BCUT2D eigenvalue weighted by Gasteiger charge is 2.31. The van der Waals surface area contributed by atoms with Crippen molar-refractivity contribution in [2.45, 2.75) is 52.8 Å². The minimum absolute atomic E-state index is 0.145. The van der Waals surface area contributed by atoms with Crippen molar-refractivity contribution in [1.82, 2.24) is 0 Å². The van der Waals surface area contributed by atoms with Crippen molar-refractivity contribution in [3.8, 4) is 0 Å². The van der Waals surface area contributed by atoms with Crippen LogP contribution in [0.3, 0.4) is 0 Å². The molecule has 0 spiro atoms. The second kappa shape index (κ2) is 6.66. The van der Waals surface area contributed by atoms with Crippen molar-refractivity contribution in [2.24, 2.45) is 5.41 Å². The van der Waals surface area contributed by atoms with Gasteiger partial charge in [-0.15, -0.1) is 0 Å². The average Bonchev–Trinajstić information content (AvgIpc) is 2.21. The van der Waals surface area contributed by atoms with Gasteiger partial charge in [0.25, 0.3) is 0 Å².